The van der Waals surface area contributed by atoms with E-state index >= 15 is 0 Å². The molecule has 0 bridgehead atoms. The maximum Gasteiger partial charge on any atom is 0.316 e. The summed E-state index contributed by atoms with van der Waals surface area (Å²) in [5.41, 5.74) is 1.31. The number of anilines is 2. The van der Waals surface area contributed by atoms with Crippen molar-refractivity contribution >= 4 is 23.2 Å². The van der Waals surface area contributed by atoms with Crippen molar-refractivity contribution in [3.05, 3.63) is 59.7 Å². The van der Waals surface area contributed by atoms with E-state index in [1.165, 1.54) is 4.90 Å². The largest absolute Gasteiger partial charge is 0.316 e. The Kier molecular flexibility index (Phi) is 4.06. The lowest BCUT2D eigenvalue weighted by atomic mass is 10.0. The number of aryl methyl sites for hydroxylation is 1. The average molecular weight is 316 g/mol. The summed E-state index contributed by atoms with van der Waals surface area (Å²) in [6, 6.07) is 9.99. The van der Waals surface area contributed by atoms with Crippen LogP contribution in [0.25, 0.3) is 0 Å². The standard InChI is InChI=1S/C17H14F2N2O2/c18-12-7-8-13(19)14(10-12)20-16(22)17(23)21-9-3-5-11-4-1-2-6-15(11)21/h1-2,4,6-8,10H,3,5,9H2,(H,20,22). The lowest BCUT2D eigenvalue weighted by Gasteiger charge is -2.28. The molecule has 3 rings (SSSR count). The molecule has 1 heterocycles. The molecular formula is C17H14F2N2O2. The molecule has 2 aromatic rings. The van der Waals surface area contributed by atoms with Crippen molar-refractivity contribution in [3.8, 4) is 0 Å². The lowest BCUT2D eigenvalue weighted by molar-refractivity contribution is -0.134. The van der Waals surface area contributed by atoms with Crippen molar-refractivity contribution in [2.45, 2.75) is 12.8 Å². The smallest absolute Gasteiger partial charge is 0.315 e. The van der Waals surface area contributed by atoms with E-state index in [2.05, 4.69) is 5.32 Å². The number of carbonyl (C=O) groups is 2. The fourth-order valence-corrected chi connectivity index (χ4v) is 2.64. The van der Waals surface area contributed by atoms with Crippen molar-refractivity contribution in [1.82, 2.24) is 0 Å². The van der Waals surface area contributed by atoms with Crippen LogP contribution < -0.4 is 10.2 Å². The van der Waals surface area contributed by atoms with Crippen LogP contribution in [0, 0.1) is 11.6 Å². The highest BCUT2D eigenvalue weighted by Crippen LogP contribution is 2.27. The van der Waals surface area contributed by atoms with E-state index in [4.69, 9.17) is 0 Å². The minimum Gasteiger partial charge on any atom is -0.315 e. The van der Waals surface area contributed by atoms with Gasteiger partial charge in [0.1, 0.15) is 11.6 Å². The molecule has 0 spiro atoms. The highest BCUT2D eigenvalue weighted by Gasteiger charge is 2.27. The first-order chi connectivity index (χ1) is 11.1. The van der Waals surface area contributed by atoms with Gasteiger partial charge in [0.2, 0.25) is 0 Å². The van der Waals surface area contributed by atoms with Gasteiger partial charge in [0, 0.05) is 18.3 Å². The normalized spacial score (nSPS) is 13.4. The van der Waals surface area contributed by atoms with Crippen LogP contribution in [0.2, 0.25) is 0 Å². The Hall–Kier alpha value is -2.76. The van der Waals surface area contributed by atoms with Gasteiger partial charge in [0.05, 0.1) is 5.69 Å². The quantitative estimate of drug-likeness (QED) is 0.823. The molecule has 4 nitrogen and oxygen atoms in total. The van der Waals surface area contributed by atoms with Crippen LogP contribution in [0.3, 0.4) is 0 Å². The van der Waals surface area contributed by atoms with Crippen molar-refractivity contribution in [3.63, 3.8) is 0 Å². The summed E-state index contributed by atoms with van der Waals surface area (Å²) in [5.74, 6) is -3.28. The van der Waals surface area contributed by atoms with Crippen LogP contribution in [0.4, 0.5) is 20.2 Å². The molecule has 0 saturated heterocycles. The summed E-state index contributed by atoms with van der Waals surface area (Å²) in [6.07, 6.45) is 1.57. The molecule has 6 heteroatoms. The van der Waals surface area contributed by atoms with Gasteiger partial charge < -0.3 is 10.2 Å². The van der Waals surface area contributed by atoms with E-state index in [0.717, 1.165) is 36.6 Å². The number of amides is 2. The molecule has 0 aromatic heterocycles. The maximum absolute atomic E-state index is 13.6. The second kappa shape index (κ2) is 6.16. The first kappa shape index (κ1) is 15.1. The van der Waals surface area contributed by atoms with Crippen LogP contribution >= 0.6 is 0 Å². The zero-order chi connectivity index (χ0) is 16.4. The third-order valence-corrected chi connectivity index (χ3v) is 3.73. The molecule has 0 radical (unpaired) electrons. The molecular weight excluding hydrogens is 302 g/mol. The number of rotatable bonds is 1. The van der Waals surface area contributed by atoms with E-state index in [1.54, 1.807) is 12.1 Å². The third kappa shape index (κ3) is 3.06. The zero-order valence-corrected chi connectivity index (χ0v) is 12.2. The second-order valence-corrected chi connectivity index (χ2v) is 5.27. The summed E-state index contributed by atoms with van der Waals surface area (Å²) >= 11 is 0. The predicted octanol–water partition coefficient (Wildman–Crippen LogP) is 2.88. The van der Waals surface area contributed by atoms with Crippen molar-refractivity contribution in [1.29, 1.82) is 0 Å². The van der Waals surface area contributed by atoms with E-state index < -0.39 is 23.4 Å². The molecule has 0 unspecified atom stereocenters. The summed E-state index contributed by atoms with van der Waals surface area (Å²) in [4.78, 5) is 25.8. The third-order valence-electron chi connectivity index (χ3n) is 3.73. The van der Waals surface area contributed by atoms with Gasteiger partial charge in [-0.25, -0.2) is 8.78 Å². The topological polar surface area (TPSA) is 49.4 Å². The number of nitrogens with one attached hydrogen (secondary N) is 1. The molecule has 1 aliphatic rings. The predicted molar refractivity (Wildman–Crippen MR) is 82.1 cm³/mol. The SMILES string of the molecule is O=C(Nc1cc(F)ccc1F)C(=O)N1CCCc2ccccc21. The first-order valence-corrected chi connectivity index (χ1v) is 7.22. The second-order valence-electron chi connectivity index (χ2n) is 5.27. The van der Waals surface area contributed by atoms with Gasteiger partial charge in [0.15, 0.2) is 0 Å². The molecule has 1 aliphatic heterocycles. The Morgan fingerprint density at radius 1 is 1.09 bits per heavy atom. The van der Waals surface area contributed by atoms with Crippen molar-refractivity contribution in [2.24, 2.45) is 0 Å². The fraction of sp³-hybridized carbons (Fsp3) is 0.176. The van der Waals surface area contributed by atoms with Gasteiger partial charge in [-0.15, -0.1) is 0 Å². The minimum absolute atomic E-state index is 0.353. The van der Waals surface area contributed by atoms with Crippen molar-refractivity contribution in [2.75, 3.05) is 16.8 Å². The van der Waals surface area contributed by atoms with Crippen LogP contribution in [-0.4, -0.2) is 18.4 Å². The van der Waals surface area contributed by atoms with Gasteiger partial charge >= 0.3 is 11.8 Å². The van der Waals surface area contributed by atoms with Crippen LogP contribution in [0.1, 0.15) is 12.0 Å². The van der Waals surface area contributed by atoms with Gasteiger partial charge in [-0.2, -0.15) is 0 Å². The highest BCUT2D eigenvalue weighted by atomic mass is 19.1. The number of halogens is 2. The molecule has 0 aliphatic carbocycles. The molecule has 23 heavy (non-hydrogen) atoms. The molecule has 0 saturated carbocycles. The Balaban J connectivity index is 1.81. The highest BCUT2D eigenvalue weighted by molar-refractivity contribution is 6.44. The molecule has 1 N–H and O–H groups in total. The molecule has 0 fully saturated rings. The Morgan fingerprint density at radius 2 is 1.87 bits per heavy atom. The van der Waals surface area contributed by atoms with Crippen LogP contribution in [0.15, 0.2) is 42.5 Å². The lowest BCUT2D eigenvalue weighted by Crippen LogP contribution is -2.42. The van der Waals surface area contributed by atoms with E-state index in [1.807, 2.05) is 12.1 Å². The number of benzene rings is 2. The number of fused-ring (bicyclic) bond motifs is 1. The van der Waals surface area contributed by atoms with Crippen molar-refractivity contribution < 1.29 is 18.4 Å². The Labute approximate surface area is 131 Å². The average Bonchev–Trinajstić information content (AvgIpc) is 2.57. The monoisotopic (exact) mass is 316 g/mol. The molecule has 2 amide bonds. The van der Waals surface area contributed by atoms with E-state index in [9.17, 15) is 18.4 Å². The number of hydrogen-bond acceptors (Lipinski definition) is 2. The Morgan fingerprint density at radius 3 is 2.70 bits per heavy atom. The minimum atomic E-state index is -0.994. The van der Waals surface area contributed by atoms with Gasteiger partial charge in [0.25, 0.3) is 0 Å². The molecule has 2 aromatic carbocycles. The number of para-hydroxylation sites is 1. The number of nitrogens with zero attached hydrogens (tertiary/aromatic N) is 1. The summed E-state index contributed by atoms with van der Waals surface area (Å²) < 4.78 is 26.7. The van der Waals surface area contributed by atoms with Crippen LogP contribution in [-0.2, 0) is 16.0 Å². The molecule has 0 atom stereocenters. The number of carbonyl (C=O) groups excluding carboxylic acids is 2. The van der Waals surface area contributed by atoms with Gasteiger partial charge in [-0.1, -0.05) is 18.2 Å². The van der Waals surface area contributed by atoms with E-state index in [0.29, 0.717) is 12.2 Å². The van der Waals surface area contributed by atoms with Gasteiger partial charge in [-0.05, 0) is 36.6 Å². The fourth-order valence-electron chi connectivity index (χ4n) is 2.64. The van der Waals surface area contributed by atoms with E-state index in [-0.39, 0.29) is 5.69 Å². The summed E-state index contributed by atoms with van der Waals surface area (Å²) in [7, 11) is 0. The van der Waals surface area contributed by atoms with Gasteiger partial charge in [-0.3, -0.25) is 9.59 Å². The zero-order valence-electron chi connectivity index (χ0n) is 12.2. The maximum atomic E-state index is 13.6. The number of hydrogen-bond donors (Lipinski definition) is 1. The van der Waals surface area contributed by atoms with Crippen LogP contribution in [0.5, 0.6) is 0 Å². The first-order valence-electron chi connectivity index (χ1n) is 7.22. The molecule has 118 valence electrons. The Bertz CT molecular complexity index is 777. The summed E-state index contributed by atoms with van der Waals surface area (Å²) in [6.45, 7) is 0.412. The summed E-state index contributed by atoms with van der Waals surface area (Å²) in [5, 5.41) is 2.13.